The highest BCUT2D eigenvalue weighted by molar-refractivity contribution is 5.67. The van der Waals surface area contributed by atoms with E-state index in [4.69, 9.17) is 4.74 Å². The van der Waals surface area contributed by atoms with Crippen LogP contribution in [-0.2, 0) is 4.74 Å². The molecule has 0 unspecified atom stereocenters. The van der Waals surface area contributed by atoms with Crippen LogP contribution in [0.1, 0.15) is 39.2 Å². The molecule has 1 saturated heterocycles. The van der Waals surface area contributed by atoms with Gasteiger partial charge in [-0.25, -0.2) is 4.79 Å². The minimum Gasteiger partial charge on any atom is -0.465 e. The molecular formula is C19H30N2O3. The Labute approximate surface area is 145 Å². The van der Waals surface area contributed by atoms with Gasteiger partial charge in [-0.2, -0.15) is 0 Å². The maximum atomic E-state index is 12.0. The van der Waals surface area contributed by atoms with Crippen LogP contribution in [0.25, 0.3) is 0 Å². The minimum atomic E-state index is -0.852. The van der Waals surface area contributed by atoms with E-state index in [-0.39, 0.29) is 18.1 Å². The summed E-state index contributed by atoms with van der Waals surface area (Å²) in [5, 5.41) is 9.83. The maximum absolute atomic E-state index is 12.0. The maximum Gasteiger partial charge on any atom is 0.408 e. The second-order valence-corrected chi connectivity index (χ2v) is 7.67. The molecule has 0 aliphatic carbocycles. The van der Waals surface area contributed by atoms with Gasteiger partial charge in [0, 0.05) is 38.2 Å². The van der Waals surface area contributed by atoms with Crippen molar-refractivity contribution in [1.82, 2.24) is 9.80 Å². The Kier molecular flexibility index (Phi) is 5.88. The molecule has 24 heavy (non-hydrogen) atoms. The molecule has 0 bridgehead atoms. The number of nitrogens with zero attached hydrogens (tertiary/aromatic N) is 2. The Morgan fingerprint density at radius 3 is 2.46 bits per heavy atom. The Hall–Kier alpha value is -1.59. The molecule has 1 aliphatic heterocycles. The number of carbonyl (C=O) groups is 1. The average Bonchev–Trinajstić information content (AvgIpc) is 2.89. The summed E-state index contributed by atoms with van der Waals surface area (Å²) < 4.78 is 5.39. The molecule has 1 amide bonds. The first-order valence-electron chi connectivity index (χ1n) is 8.56. The van der Waals surface area contributed by atoms with Gasteiger partial charge in [-0.05, 0) is 33.3 Å². The summed E-state index contributed by atoms with van der Waals surface area (Å²) >= 11 is 0. The molecule has 0 saturated carbocycles. The third-order valence-electron chi connectivity index (χ3n) is 4.77. The van der Waals surface area contributed by atoms with Crippen molar-refractivity contribution in [3.63, 3.8) is 0 Å². The van der Waals surface area contributed by atoms with Crippen LogP contribution in [0.2, 0.25) is 0 Å². The fourth-order valence-corrected chi connectivity index (χ4v) is 3.67. The summed E-state index contributed by atoms with van der Waals surface area (Å²) in [5.41, 5.74) is 0.762. The van der Waals surface area contributed by atoms with E-state index in [0.717, 1.165) is 19.6 Å². The van der Waals surface area contributed by atoms with Gasteiger partial charge < -0.3 is 9.84 Å². The Balaban J connectivity index is 2.31. The smallest absolute Gasteiger partial charge is 0.408 e. The molecule has 0 radical (unpaired) electrons. The third-order valence-corrected chi connectivity index (χ3v) is 4.77. The summed E-state index contributed by atoms with van der Waals surface area (Å²) in [6.45, 7) is 10.3. The Morgan fingerprint density at radius 2 is 1.96 bits per heavy atom. The van der Waals surface area contributed by atoms with Crippen LogP contribution in [0.5, 0.6) is 0 Å². The van der Waals surface area contributed by atoms with E-state index in [1.54, 1.807) is 12.0 Å². The lowest BCUT2D eigenvalue weighted by Gasteiger charge is -2.40. The van der Waals surface area contributed by atoms with Crippen LogP contribution in [0, 0.1) is 0 Å². The summed E-state index contributed by atoms with van der Waals surface area (Å²) in [4.78, 5) is 15.9. The highest BCUT2D eigenvalue weighted by Gasteiger charge is 2.43. The highest BCUT2D eigenvalue weighted by Crippen LogP contribution is 2.34. The minimum absolute atomic E-state index is 0.0612. The molecule has 5 heteroatoms. The average molecular weight is 334 g/mol. The van der Waals surface area contributed by atoms with Crippen molar-refractivity contribution in [3.05, 3.63) is 35.9 Å². The number of rotatable bonds is 5. The van der Waals surface area contributed by atoms with Crippen LogP contribution < -0.4 is 0 Å². The molecule has 0 spiro atoms. The molecule has 1 aliphatic rings. The molecule has 1 aromatic rings. The summed E-state index contributed by atoms with van der Waals surface area (Å²) in [7, 11) is 1.71. The van der Waals surface area contributed by atoms with Gasteiger partial charge in [-0.1, -0.05) is 30.3 Å². The van der Waals surface area contributed by atoms with Crippen molar-refractivity contribution in [3.8, 4) is 0 Å². The SMILES string of the molecule is CO[C@@H](C)CN1C[C@@H](N(C(=O)O)C(C)(C)C)[C@H](c2ccccc2)C1. The third kappa shape index (κ3) is 4.28. The number of amides is 1. The molecule has 0 aromatic heterocycles. The second-order valence-electron chi connectivity index (χ2n) is 7.67. The monoisotopic (exact) mass is 334 g/mol. The van der Waals surface area contributed by atoms with Gasteiger partial charge >= 0.3 is 6.09 Å². The van der Waals surface area contributed by atoms with E-state index in [1.165, 1.54) is 5.56 Å². The fourth-order valence-electron chi connectivity index (χ4n) is 3.67. The lowest BCUT2D eigenvalue weighted by atomic mass is 9.90. The highest BCUT2D eigenvalue weighted by atomic mass is 16.5. The van der Waals surface area contributed by atoms with Gasteiger partial charge in [0.2, 0.25) is 0 Å². The molecule has 1 N–H and O–H groups in total. The number of carboxylic acid groups (broad SMARTS) is 1. The van der Waals surface area contributed by atoms with Crippen molar-refractivity contribution >= 4 is 6.09 Å². The van der Waals surface area contributed by atoms with Gasteiger partial charge in [0.15, 0.2) is 0 Å². The number of likely N-dealkylation sites (tertiary alicyclic amines) is 1. The molecule has 134 valence electrons. The van der Waals surface area contributed by atoms with Crippen LogP contribution in [0.4, 0.5) is 4.79 Å². The zero-order chi connectivity index (χ0) is 17.9. The molecule has 1 aromatic carbocycles. The number of hydrogen-bond acceptors (Lipinski definition) is 3. The second kappa shape index (κ2) is 7.53. The van der Waals surface area contributed by atoms with Crippen molar-refractivity contribution in [2.24, 2.45) is 0 Å². The van der Waals surface area contributed by atoms with E-state index in [2.05, 4.69) is 17.0 Å². The fraction of sp³-hybridized carbons (Fsp3) is 0.632. The number of ether oxygens (including phenoxy) is 1. The van der Waals surface area contributed by atoms with Crippen LogP contribution >= 0.6 is 0 Å². The van der Waals surface area contributed by atoms with E-state index >= 15 is 0 Å². The predicted molar refractivity (Wildman–Crippen MR) is 95.5 cm³/mol. The zero-order valence-electron chi connectivity index (χ0n) is 15.4. The number of benzene rings is 1. The Bertz CT molecular complexity index is 541. The topological polar surface area (TPSA) is 53.0 Å². The van der Waals surface area contributed by atoms with Crippen LogP contribution in [-0.4, -0.2) is 65.4 Å². The predicted octanol–water partition coefficient (Wildman–Crippen LogP) is 3.27. The van der Waals surface area contributed by atoms with Crippen molar-refractivity contribution in [1.29, 1.82) is 0 Å². The first-order valence-corrected chi connectivity index (χ1v) is 8.56. The van der Waals surface area contributed by atoms with Crippen molar-refractivity contribution < 1.29 is 14.6 Å². The standard InChI is InChI=1S/C19H30N2O3/c1-14(24-5)11-20-12-16(15-9-7-6-8-10-15)17(13-20)21(18(22)23)19(2,3)4/h6-10,14,16-17H,11-13H2,1-5H3,(H,22,23)/t14-,16-,17+/m0/s1. The molecule has 1 heterocycles. The number of hydrogen-bond donors (Lipinski definition) is 1. The molecule has 1 fully saturated rings. The quantitative estimate of drug-likeness (QED) is 0.898. The van der Waals surface area contributed by atoms with Gasteiger partial charge in [0.1, 0.15) is 0 Å². The van der Waals surface area contributed by atoms with Crippen LogP contribution in [0.15, 0.2) is 30.3 Å². The van der Waals surface area contributed by atoms with E-state index in [1.807, 2.05) is 45.9 Å². The normalized spacial score (nSPS) is 23.2. The van der Waals surface area contributed by atoms with Gasteiger partial charge in [-0.3, -0.25) is 9.80 Å². The van der Waals surface area contributed by atoms with Crippen molar-refractivity contribution in [2.45, 2.75) is 51.3 Å². The van der Waals surface area contributed by atoms with E-state index < -0.39 is 11.6 Å². The van der Waals surface area contributed by atoms with Gasteiger partial charge in [0.25, 0.3) is 0 Å². The molecular weight excluding hydrogens is 304 g/mol. The largest absolute Gasteiger partial charge is 0.465 e. The lowest BCUT2D eigenvalue weighted by molar-refractivity contribution is 0.0609. The summed E-state index contributed by atoms with van der Waals surface area (Å²) in [6.07, 6.45) is -0.719. The first-order chi connectivity index (χ1) is 11.2. The first kappa shape index (κ1) is 18.7. The van der Waals surface area contributed by atoms with Crippen molar-refractivity contribution in [2.75, 3.05) is 26.7 Å². The number of methoxy groups -OCH3 is 1. The summed E-state index contributed by atoms with van der Waals surface area (Å²) in [6, 6.07) is 10.2. The van der Waals surface area contributed by atoms with E-state index in [9.17, 15) is 9.90 Å². The van der Waals surface area contributed by atoms with Gasteiger partial charge in [-0.15, -0.1) is 0 Å². The molecule has 5 nitrogen and oxygen atoms in total. The molecule has 2 rings (SSSR count). The molecule has 3 atom stereocenters. The summed E-state index contributed by atoms with van der Waals surface area (Å²) in [5.74, 6) is 0.172. The van der Waals surface area contributed by atoms with Crippen LogP contribution in [0.3, 0.4) is 0 Å². The zero-order valence-corrected chi connectivity index (χ0v) is 15.4. The lowest BCUT2D eigenvalue weighted by Crippen LogP contribution is -2.53. The van der Waals surface area contributed by atoms with E-state index in [0.29, 0.717) is 0 Å². The van der Waals surface area contributed by atoms with Gasteiger partial charge in [0.05, 0.1) is 12.1 Å². The Morgan fingerprint density at radius 1 is 1.33 bits per heavy atom.